The first-order chi connectivity index (χ1) is 10.2. The summed E-state index contributed by atoms with van der Waals surface area (Å²) in [4.78, 5) is 12.1. The first-order valence-corrected chi connectivity index (χ1v) is 7.38. The molecule has 110 valence electrons. The van der Waals surface area contributed by atoms with Crippen LogP contribution >= 0.6 is 0 Å². The van der Waals surface area contributed by atoms with E-state index in [2.05, 4.69) is 12.1 Å². The van der Waals surface area contributed by atoms with Crippen LogP contribution in [0.15, 0.2) is 48.5 Å². The number of hydrogen-bond acceptors (Lipinski definition) is 2. The fraction of sp³-hybridized carbons (Fsp3) is 0.316. The quantitative estimate of drug-likeness (QED) is 0.763. The third-order valence-corrected chi connectivity index (χ3v) is 3.59. The van der Waals surface area contributed by atoms with Crippen molar-refractivity contribution in [2.24, 2.45) is 0 Å². The Morgan fingerprint density at radius 1 is 1.10 bits per heavy atom. The molecule has 0 saturated heterocycles. The van der Waals surface area contributed by atoms with Gasteiger partial charge in [-0.2, -0.15) is 0 Å². The van der Waals surface area contributed by atoms with Crippen LogP contribution in [-0.4, -0.2) is 12.9 Å². The molecule has 0 atom stereocenters. The van der Waals surface area contributed by atoms with Crippen molar-refractivity contribution in [3.63, 3.8) is 0 Å². The summed E-state index contributed by atoms with van der Waals surface area (Å²) in [6.45, 7) is 2.03. The normalized spacial score (nSPS) is 10.4. The smallest absolute Gasteiger partial charge is 0.137 e. The Bertz CT molecular complexity index is 588. The van der Waals surface area contributed by atoms with Gasteiger partial charge in [-0.1, -0.05) is 48.0 Å². The van der Waals surface area contributed by atoms with E-state index in [4.69, 9.17) is 4.74 Å². The van der Waals surface area contributed by atoms with Crippen LogP contribution in [0.25, 0.3) is 0 Å². The molecule has 0 aliphatic heterocycles. The molecule has 0 amide bonds. The summed E-state index contributed by atoms with van der Waals surface area (Å²) in [5.74, 6) is 1.08. The van der Waals surface area contributed by atoms with E-state index < -0.39 is 0 Å². The van der Waals surface area contributed by atoms with E-state index in [9.17, 15) is 4.79 Å². The molecular formula is C19H22O2. The van der Waals surface area contributed by atoms with Gasteiger partial charge in [-0.15, -0.1) is 0 Å². The first kappa shape index (κ1) is 15.3. The molecule has 21 heavy (non-hydrogen) atoms. The lowest BCUT2D eigenvalue weighted by Gasteiger charge is -2.09. The highest BCUT2D eigenvalue weighted by Crippen LogP contribution is 2.21. The third kappa shape index (κ3) is 4.75. The molecule has 2 aromatic rings. The Morgan fingerprint density at radius 2 is 1.86 bits per heavy atom. The number of hydrogen-bond donors (Lipinski definition) is 0. The number of carbonyl (C=O) groups excluding carboxylic acids is 1. The molecule has 2 nitrogen and oxygen atoms in total. The lowest BCUT2D eigenvalue weighted by Crippen LogP contribution is -2.05. The van der Waals surface area contributed by atoms with Crippen molar-refractivity contribution in [1.29, 1.82) is 0 Å². The van der Waals surface area contributed by atoms with E-state index in [1.807, 2.05) is 43.3 Å². The van der Waals surface area contributed by atoms with E-state index in [0.717, 1.165) is 29.7 Å². The molecule has 0 aliphatic carbocycles. The Morgan fingerprint density at radius 3 is 2.57 bits per heavy atom. The van der Waals surface area contributed by atoms with Gasteiger partial charge in [0.2, 0.25) is 0 Å². The van der Waals surface area contributed by atoms with Crippen molar-refractivity contribution < 1.29 is 9.53 Å². The second-order valence-corrected chi connectivity index (χ2v) is 5.37. The lowest BCUT2D eigenvalue weighted by atomic mass is 10.0. The van der Waals surface area contributed by atoms with Crippen LogP contribution in [0.3, 0.4) is 0 Å². The summed E-state index contributed by atoms with van der Waals surface area (Å²) < 4.78 is 5.32. The second kappa shape index (κ2) is 7.63. The average molecular weight is 282 g/mol. The van der Waals surface area contributed by atoms with Crippen LogP contribution in [0.4, 0.5) is 0 Å². The third-order valence-electron chi connectivity index (χ3n) is 3.59. The molecular weight excluding hydrogens is 260 g/mol. The van der Waals surface area contributed by atoms with Gasteiger partial charge in [-0.25, -0.2) is 0 Å². The van der Waals surface area contributed by atoms with Crippen molar-refractivity contribution in [1.82, 2.24) is 0 Å². The van der Waals surface area contributed by atoms with Crippen LogP contribution in [0, 0.1) is 6.92 Å². The molecule has 0 heterocycles. The number of aryl methyl sites for hydroxylation is 2. The topological polar surface area (TPSA) is 26.3 Å². The predicted molar refractivity (Wildman–Crippen MR) is 85.8 cm³/mol. The number of methoxy groups -OCH3 is 1. The maximum Gasteiger partial charge on any atom is 0.137 e. The highest BCUT2D eigenvalue weighted by molar-refractivity contribution is 5.81. The standard InChI is InChI=1S/C19H22O2/c1-15-11-12-19(21-2)17(13-15)14-18(20)10-6-9-16-7-4-3-5-8-16/h3-5,7-8,11-13H,6,9-10,14H2,1-2H3. The van der Waals surface area contributed by atoms with E-state index >= 15 is 0 Å². The maximum atomic E-state index is 12.1. The minimum atomic E-state index is 0.273. The molecule has 0 aromatic heterocycles. The van der Waals surface area contributed by atoms with Crippen molar-refractivity contribution >= 4 is 5.78 Å². The van der Waals surface area contributed by atoms with Crippen LogP contribution in [0.1, 0.15) is 29.5 Å². The van der Waals surface area contributed by atoms with Crippen LogP contribution in [0.5, 0.6) is 5.75 Å². The van der Waals surface area contributed by atoms with Gasteiger partial charge in [0.25, 0.3) is 0 Å². The maximum absolute atomic E-state index is 12.1. The second-order valence-electron chi connectivity index (χ2n) is 5.37. The summed E-state index contributed by atoms with van der Waals surface area (Å²) in [6, 6.07) is 16.3. The highest BCUT2D eigenvalue weighted by Gasteiger charge is 2.09. The van der Waals surface area contributed by atoms with E-state index in [1.165, 1.54) is 5.56 Å². The minimum absolute atomic E-state index is 0.273. The van der Waals surface area contributed by atoms with Gasteiger partial charge >= 0.3 is 0 Å². The predicted octanol–water partition coefficient (Wildman–Crippen LogP) is 4.14. The molecule has 0 unspecified atom stereocenters. The van der Waals surface area contributed by atoms with Gasteiger partial charge in [0, 0.05) is 18.4 Å². The monoisotopic (exact) mass is 282 g/mol. The fourth-order valence-electron chi connectivity index (χ4n) is 2.48. The zero-order valence-corrected chi connectivity index (χ0v) is 12.8. The molecule has 2 rings (SSSR count). The van der Waals surface area contributed by atoms with Crippen molar-refractivity contribution in [2.75, 3.05) is 7.11 Å². The van der Waals surface area contributed by atoms with Crippen LogP contribution in [-0.2, 0) is 17.6 Å². The molecule has 2 heteroatoms. The summed E-state index contributed by atoms with van der Waals surface area (Å²) in [7, 11) is 1.65. The van der Waals surface area contributed by atoms with Gasteiger partial charge in [-0.05, 0) is 31.4 Å². The Labute approximate surface area is 126 Å². The SMILES string of the molecule is COc1ccc(C)cc1CC(=O)CCCc1ccccc1. The molecule has 2 aromatic carbocycles. The van der Waals surface area contributed by atoms with E-state index in [-0.39, 0.29) is 5.78 Å². The number of benzene rings is 2. The fourth-order valence-corrected chi connectivity index (χ4v) is 2.48. The summed E-state index contributed by atoms with van der Waals surface area (Å²) in [5.41, 5.74) is 3.43. The molecule has 0 saturated carbocycles. The summed E-state index contributed by atoms with van der Waals surface area (Å²) in [5, 5.41) is 0. The number of ketones is 1. The van der Waals surface area contributed by atoms with Gasteiger partial charge in [0.1, 0.15) is 11.5 Å². The minimum Gasteiger partial charge on any atom is -0.496 e. The molecule has 0 bridgehead atoms. The van der Waals surface area contributed by atoms with Gasteiger partial charge < -0.3 is 4.74 Å². The molecule has 0 aliphatic rings. The zero-order valence-electron chi connectivity index (χ0n) is 12.8. The van der Waals surface area contributed by atoms with Gasteiger partial charge in [-0.3, -0.25) is 4.79 Å². The zero-order chi connectivity index (χ0) is 15.1. The Hall–Kier alpha value is -2.09. The summed E-state index contributed by atoms with van der Waals surface area (Å²) in [6.07, 6.45) is 2.93. The molecule has 0 N–H and O–H groups in total. The average Bonchev–Trinajstić information content (AvgIpc) is 2.48. The highest BCUT2D eigenvalue weighted by atomic mass is 16.5. The van der Waals surface area contributed by atoms with Crippen molar-refractivity contribution in [3.05, 3.63) is 65.2 Å². The Kier molecular flexibility index (Phi) is 5.56. The largest absolute Gasteiger partial charge is 0.496 e. The number of ether oxygens (including phenoxy) is 1. The number of rotatable bonds is 7. The molecule has 0 radical (unpaired) electrons. The first-order valence-electron chi connectivity index (χ1n) is 7.38. The molecule has 0 spiro atoms. The van der Waals surface area contributed by atoms with Crippen LogP contribution in [0.2, 0.25) is 0 Å². The lowest BCUT2D eigenvalue weighted by molar-refractivity contribution is -0.118. The van der Waals surface area contributed by atoms with E-state index in [0.29, 0.717) is 12.8 Å². The summed E-state index contributed by atoms with van der Waals surface area (Å²) >= 11 is 0. The van der Waals surface area contributed by atoms with Crippen molar-refractivity contribution in [2.45, 2.75) is 32.6 Å². The van der Waals surface area contributed by atoms with Crippen LogP contribution < -0.4 is 4.74 Å². The van der Waals surface area contributed by atoms with Gasteiger partial charge in [0.15, 0.2) is 0 Å². The van der Waals surface area contributed by atoms with Crippen molar-refractivity contribution in [3.8, 4) is 5.75 Å². The number of carbonyl (C=O) groups is 1. The molecule has 0 fully saturated rings. The number of Topliss-reactive ketones (excluding diaryl/α,β-unsaturated/α-hetero) is 1. The van der Waals surface area contributed by atoms with E-state index in [1.54, 1.807) is 7.11 Å². The van der Waals surface area contributed by atoms with Gasteiger partial charge in [0.05, 0.1) is 7.11 Å². The Balaban J connectivity index is 1.86.